The fraction of sp³-hybridized carbons (Fsp3) is 0.500. The van der Waals surface area contributed by atoms with Crippen LogP contribution in [-0.4, -0.2) is 28.3 Å². The highest BCUT2D eigenvalue weighted by Gasteiger charge is 2.11. The molecule has 1 heterocycles. The molecule has 1 aromatic heterocycles. The summed E-state index contributed by atoms with van der Waals surface area (Å²) in [5, 5.41) is 17.4. The molecule has 0 saturated carbocycles. The van der Waals surface area contributed by atoms with Crippen LogP contribution in [0.15, 0.2) is 12.4 Å². The average molecular weight is 207 g/mol. The van der Waals surface area contributed by atoms with Gasteiger partial charge in [-0.15, -0.1) is 0 Å². The first-order valence-electron chi connectivity index (χ1n) is 4.68. The molecule has 0 aliphatic carbocycles. The maximum absolute atomic E-state index is 8.86. The molecule has 1 rings (SSSR count). The van der Waals surface area contributed by atoms with E-state index in [1.165, 1.54) is 0 Å². The molecule has 0 spiro atoms. The third-order valence-electron chi connectivity index (χ3n) is 1.81. The molecule has 5 nitrogen and oxygen atoms in total. The van der Waals surface area contributed by atoms with Crippen LogP contribution < -0.4 is 0 Å². The lowest BCUT2D eigenvalue weighted by atomic mass is 10.2. The van der Waals surface area contributed by atoms with Gasteiger partial charge < -0.3 is 9.84 Å². The molecule has 0 amide bonds. The quantitative estimate of drug-likeness (QED) is 0.721. The molecule has 0 saturated heterocycles. The lowest BCUT2D eigenvalue weighted by Crippen LogP contribution is -2.06. The Morgan fingerprint density at radius 3 is 2.73 bits per heavy atom. The Labute approximate surface area is 88.4 Å². The van der Waals surface area contributed by atoms with Crippen molar-refractivity contribution in [1.82, 2.24) is 9.97 Å². The molecule has 0 bridgehead atoms. The highest BCUT2D eigenvalue weighted by atomic mass is 16.5. The monoisotopic (exact) mass is 207 g/mol. The number of aryl methyl sites for hydroxylation is 1. The van der Waals surface area contributed by atoms with Crippen LogP contribution in [0.4, 0.5) is 0 Å². The second-order valence-electron chi connectivity index (χ2n) is 3.02. The van der Waals surface area contributed by atoms with Crippen LogP contribution in [0.25, 0.3) is 0 Å². The van der Waals surface area contributed by atoms with Crippen LogP contribution >= 0.6 is 0 Å². The number of nitriles is 1. The van der Waals surface area contributed by atoms with E-state index in [0.29, 0.717) is 24.4 Å². The molecule has 5 heteroatoms. The molecule has 1 N–H and O–H groups in total. The first-order chi connectivity index (χ1) is 7.27. The predicted molar refractivity (Wildman–Crippen MR) is 52.8 cm³/mol. The first kappa shape index (κ1) is 11.6. The van der Waals surface area contributed by atoms with Gasteiger partial charge in [0.2, 0.25) is 0 Å². The summed E-state index contributed by atoms with van der Waals surface area (Å²) in [6, 6.07) is 2.01. The van der Waals surface area contributed by atoms with Crippen LogP contribution in [0, 0.1) is 18.3 Å². The van der Waals surface area contributed by atoms with E-state index in [1.807, 2.05) is 6.07 Å². The normalized spacial score (nSPS) is 12.1. The Morgan fingerprint density at radius 2 is 2.20 bits per heavy atom. The van der Waals surface area contributed by atoms with Gasteiger partial charge in [0, 0.05) is 24.6 Å². The van der Waals surface area contributed by atoms with E-state index < -0.39 is 6.10 Å². The maximum atomic E-state index is 8.86. The number of aromatic nitrogens is 2. The molecule has 15 heavy (non-hydrogen) atoms. The fourth-order valence-corrected chi connectivity index (χ4v) is 1.01. The SMILES string of the molecule is Cc1ncc([C@H](C#N)OCCCO)cn1. The molecule has 0 unspecified atom stereocenters. The number of hydrogen-bond donors (Lipinski definition) is 1. The lowest BCUT2D eigenvalue weighted by Gasteiger charge is -2.09. The van der Waals surface area contributed by atoms with Gasteiger partial charge in [0.25, 0.3) is 0 Å². The van der Waals surface area contributed by atoms with E-state index >= 15 is 0 Å². The molecule has 80 valence electrons. The zero-order valence-corrected chi connectivity index (χ0v) is 8.55. The smallest absolute Gasteiger partial charge is 0.172 e. The molecule has 0 radical (unpaired) electrons. The van der Waals surface area contributed by atoms with Gasteiger partial charge in [0.05, 0.1) is 12.7 Å². The largest absolute Gasteiger partial charge is 0.396 e. The van der Waals surface area contributed by atoms with Crippen LogP contribution in [0.3, 0.4) is 0 Å². The van der Waals surface area contributed by atoms with E-state index in [9.17, 15) is 0 Å². The third-order valence-corrected chi connectivity index (χ3v) is 1.81. The second kappa shape index (κ2) is 6.06. The summed E-state index contributed by atoms with van der Waals surface area (Å²) in [4.78, 5) is 7.97. The van der Waals surface area contributed by atoms with Crippen molar-refractivity contribution in [3.05, 3.63) is 23.8 Å². The van der Waals surface area contributed by atoms with E-state index in [1.54, 1.807) is 19.3 Å². The van der Waals surface area contributed by atoms with Gasteiger partial charge in [-0.2, -0.15) is 5.26 Å². The summed E-state index contributed by atoms with van der Waals surface area (Å²) in [5.74, 6) is 0.658. The molecule has 0 aromatic carbocycles. The molecule has 1 aromatic rings. The fourth-order valence-electron chi connectivity index (χ4n) is 1.01. The maximum Gasteiger partial charge on any atom is 0.172 e. The minimum absolute atomic E-state index is 0.0581. The van der Waals surface area contributed by atoms with Gasteiger partial charge in [-0.25, -0.2) is 9.97 Å². The highest BCUT2D eigenvalue weighted by Crippen LogP contribution is 2.14. The van der Waals surface area contributed by atoms with Crippen molar-refractivity contribution in [1.29, 1.82) is 5.26 Å². The first-order valence-corrected chi connectivity index (χ1v) is 4.68. The van der Waals surface area contributed by atoms with Gasteiger partial charge in [0.1, 0.15) is 5.82 Å². The zero-order valence-electron chi connectivity index (χ0n) is 8.55. The Bertz CT molecular complexity index is 332. The Balaban J connectivity index is 2.59. The van der Waals surface area contributed by atoms with Crippen LogP contribution in [0.5, 0.6) is 0 Å². The van der Waals surface area contributed by atoms with E-state index in [4.69, 9.17) is 15.1 Å². The van der Waals surface area contributed by atoms with Gasteiger partial charge in [0.15, 0.2) is 6.10 Å². The summed E-state index contributed by atoms with van der Waals surface area (Å²) < 4.78 is 5.26. The van der Waals surface area contributed by atoms with Crippen LogP contribution in [-0.2, 0) is 4.74 Å². The minimum atomic E-state index is -0.655. The Hall–Kier alpha value is -1.51. The average Bonchev–Trinajstić information content (AvgIpc) is 2.26. The number of ether oxygens (including phenoxy) is 1. The van der Waals surface area contributed by atoms with Crippen molar-refractivity contribution in [3.8, 4) is 6.07 Å². The van der Waals surface area contributed by atoms with E-state index in [2.05, 4.69) is 9.97 Å². The van der Waals surface area contributed by atoms with Crippen LogP contribution in [0.1, 0.15) is 23.9 Å². The van der Waals surface area contributed by atoms with Crippen molar-refractivity contribution in [2.24, 2.45) is 0 Å². The summed E-state index contributed by atoms with van der Waals surface area (Å²) in [7, 11) is 0. The second-order valence-corrected chi connectivity index (χ2v) is 3.02. The highest BCUT2D eigenvalue weighted by molar-refractivity contribution is 5.15. The molecule has 0 aliphatic rings. The van der Waals surface area contributed by atoms with Gasteiger partial charge in [-0.05, 0) is 13.3 Å². The number of rotatable bonds is 5. The topological polar surface area (TPSA) is 79.0 Å². The summed E-state index contributed by atoms with van der Waals surface area (Å²) in [5.41, 5.74) is 0.640. The molecule has 0 fully saturated rings. The molecule has 1 atom stereocenters. The van der Waals surface area contributed by atoms with Crippen LogP contribution in [0.2, 0.25) is 0 Å². The number of aliphatic hydroxyl groups excluding tert-OH is 1. The van der Waals surface area contributed by atoms with Crippen molar-refractivity contribution in [3.63, 3.8) is 0 Å². The van der Waals surface area contributed by atoms with Crippen molar-refractivity contribution >= 4 is 0 Å². The number of hydrogen-bond acceptors (Lipinski definition) is 5. The molecule has 0 aliphatic heterocycles. The van der Waals surface area contributed by atoms with E-state index in [-0.39, 0.29) is 6.61 Å². The lowest BCUT2D eigenvalue weighted by molar-refractivity contribution is 0.0769. The van der Waals surface area contributed by atoms with Gasteiger partial charge >= 0.3 is 0 Å². The Kier molecular flexibility index (Phi) is 4.68. The van der Waals surface area contributed by atoms with Gasteiger partial charge in [-0.3, -0.25) is 0 Å². The predicted octanol–water partition coefficient (Wildman–Crippen LogP) is 0.749. The Morgan fingerprint density at radius 1 is 1.53 bits per heavy atom. The minimum Gasteiger partial charge on any atom is -0.396 e. The third kappa shape index (κ3) is 3.62. The summed E-state index contributed by atoms with van der Waals surface area (Å²) >= 11 is 0. The van der Waals surface area contributed by atoms with E-state index in [0.717, 1.165) is 0 Å². The molecular weight excluding hydrogens is 194 g/mol. The van der Waals surface area contributed by atoms with Crippen molar-refractivity contribution in [2.75, 3.05) is 13.2 Å². The van der Waals surface area contributed by atoms with Crippen molar-refractivity contribution in [2.45, 2.75) is 19.4 Å². The summed E-state index contributed by atoms with van der Waals surface area (Å²) in [6.07, 6.45) is 3.02. The van der Waals surface area contributed by atoms with Gasteiger partial charge in [-0.1, -0.05) is 0 Å². The summed E-state index contributed by atoms with van der Waals surface area (Å²) in [6.45, 7) is 2.18. The zero-order chi connectivity index (χ0) is 11.1. The van der Waals surface area contributed by atoms with Crippen molar-refractivity contribution < 1.29 is 9.84 Å². The molecular formula is C10H13N3O2. The number of aliphatic hydroxyl groups is 1. The standard InChI is InChI=1S/C10H13N3O2/c1-8-12-6-9(7-13-8)10(5-11)15-4-2-3-14/h6-7,10,14H,2-4H2,1H3/t10-/m0/s1. The number of nitrogens with zero attached hydrogens (tertiary/aromatic N) is 3.